The Morgan fingerprint density at radius 2 is 1.59 bits per heavy atom. The number of pyridine rings is 1. The Morgan fingerprint density at radius 1 is 0.966 bits per heavy atom. The van der Waals surface area contributed by atoms with Crippen molar-refractivity contribution in [1.82, 2.24) is 15.1 Å². The first kappa shape index (κ1) is 20.2. The van der Waals surface area contributed by atoms with Crippen molar-refractivity contribution in [3.05, 3.63) is 54.7 Å². The normalized spacial score (nSPS) is 11.1. The van der Waals surface area contributed by atoms with Crippen LogP contribution >= 0.6 is 0 Å². The molecule has 0 atom stereocenters. The minimum Gasteiger partial charge on any atom is -0.339 e. The predicted molar refractivity (Wildman–Crippen MR) is 109 cm³/mol. The van der Waals surface area contributed by atoms with Crippen LogP contribution in [0.15, 0.2) is 53.3 Å². The molecule has 0 aliphatic carbocycles. The van der Waals surface area contributed by atoms with E-state index in [4.69, 9.17) is 4.52 Å². The van der Waals surface area contributed by atoms with Crippen LogP contribution in [0.2, 0.25) is 0 Å². The number of nitrogens with zero attached hydrogens (tertiary/aromatic N) is 3. The minimum absolute atomic E-state index is 0.0695. The van der Waals surface area contributed by atoms with Crippen molar-refractivity contribution in [2.45, 2.75) is 33.6 Å². The van der Waals surface area contributed by atoms with Gasteiger partial charge in [0.25, 0.3) is 0 Å². The van der Waals surface area contributed by atoms with Gasteiger partial charge in [0, 0.05) is 47.6 Å². The van der Waals surface area contributed by atoms with E-state index >= 15 is 0 Å². The van der Waals surface area contributed by atoms with Crippen molar-refractivity contribution in [3.63, 3.8) is 0 Å². The zero-order valence-corrected chi connectivity index (χ0v) is 16.6. The molecule has 0 bridgehead atoms. The van der Waals surface area contributed by atoms with Crippen molar-refractivity contribution in [1.29, 1.82) is 0 Å². The first-order chi connectivity index (χ1) is 13.8. The highest BCUT2D eigenvalue weighted by molar-refractivity contribution is 5.95. The van der Waals surface area contributed by atoms with Crippen LogP contribution in [0, 0.1) is 5.41 Å². The maximum Gasteiger partial charge on any atom is 0.229 e. The molecule has 0 saturated carbocycles. The van der Waals surface area contributed by atoms with Gasteiger partial charge in [-0.3, -0.25) is 14.6 Å². The summed E-state index contributed by atoms with van der Waals surface area (Å²) in [7, 11) is 0. The molecule has 8 heteroatoms. The molecule has 2 N–H and O–H groups in total. The number of rotatable bonds is 6. The first-order valence-corrected chi connectivity index (χ1v) is 9.25. The number of aryl methyl sites for hydroxylation is 1. The second-order valence-corrected chi connectivity index (χ2v) is 7.58. The van der Waals surface area contributed by atoms with Gasteiger partial charge in [0.15, 0.2) is 0 Å². The molecule has 3 rings (SSSR count). The van der Waals surface area contributed by atoms with Crippen LogP contribution in [-0.4, -0.2) is 26.9 Å². The number of benzene rings is 1. The SMILES string of the molecule is CC(C)(C)C(=O)Nc1ccc(NC(=O)CCc2nc(-c3ccncc3)no2)cc1. The smallest absolute Gasteiger partial charge is 0.229 e. The number of amides is 2. The monoisotopic (exact) mass is 393 g/mol. The summed E-state index contributed by atoms with van der Waals surface area (Å²) in [5.74, 6) is 0.628. The molecular weight excluding hydrogens is 370 g/mol. The maximum absolute atomic E-state index is 12.2. The second-order valence-electron chi connectivity index (χ2n) is 7.58. The third kappa shape index (κ3) is 5.71. The fraction of sp³-hybridized carbons (Fsp3) is 0.286. The molecular formula is C21H23N5O3. The third-order valence-corrected chi connectivity index (χ3v) is 4.08. The molecule has 2 amide bonds. The molecule has 150 valence electrons. The molecule has 0 spiro atoms. The lowest BCUT2D eigenvalue weighted by Crippen LogP contribution is -2.27. The van der Waals surface area contributed by atoms with Gasteiger partial charge in [0.05, 0.1) is 0 Å². The fourth-order valence-corrected chi connectivity index (χ4v) is 2.37. The van der Waals surface area contributed by atoms with Crippen LogP contribution in [0.25, 0.3) is 11.4 Å². The highest BCUT2D eigenvalue weighted by Crippen LogP contribution is 2.19. The molecule has 1 aromatic carbocycles. The fourth-order valence-electron chi connectivity index (χ4n) is 2.37. The number of carbonyl (C=O) groups excluding carboxylic acids is 2. The molecule has 0 fully saturated rings. The van der Waals surface area contributed by atoms with E-state index in [2.05, 4.69) is 25.8 Å². The Morgan fingerprint density at radius 3 is 2.21 bits per heavy atom. The van der Waals surface area contributed by atoms with Crippen LogP contribution < -0.4 is 10.6 Å². The topological polar surface area (TPSA) is 110 Å². The lowest BCUT2D eigenvalue weighted by Gasteiger charge is -2.17. The highest BCUT2D eigenvalue weighted by atomic mass is 16.5. The van der Waals surface area contributed by atoms with Crippen LogP contribution in [0.1, 0.15) is 33.1 Å². The van der Waals surface area contributed by atoms with Gasteiger partial charge in [0.2, 0.25) is 23.5 Å². The quantitative estimate of drug-likeness (QED) is 0.661. The van der Waals surface area contributed by atoms with Gasteiger partial charge >= 0.3 is 0 Å². The van der Waals surface area contributed by atoms with E-state index in [1.54, 1.807) is 48.8 Å². The molecule has 29 heavy (non-hydrogen) atoms. The van der Waals surface area contributed by atoms with Gasteiger partial charge in [-0.1, -0.05) is 25.9 Å². The van der Waals surface area contributed by atoms with Crippen molar-refractivity contribution in [2.24, 2.45) is 5.41 Å². The van der Waals surface area contributed by atoms with E-state index in [0.717, 1.165) is 5.56 Å². The predicted octanol–water partition coefficient (Wildman–Crippen LogP) is 3.69. The van der Waals surface area contributed by atoms with Crippen LogP contribution in [0.4, 0.5) is 11.4 Å². The molecule has 3 aromatic rings. The molecule has 0 unspecified atom stereocenters. The van der Waals surface area contributed by atoms with Crippen LogP contribution in [0.5, 0.6) is 0 Å². The summed E-state index contributed by atoms with van der Waals surface area (Å²) in [6, 6.07) is 10.6. The number of carbonyl (C=O) groups is 2. The Bertz CT molecular complexity index is 976. The third-order valence-electron chi connectivity index (χ3n) is 4.08. The lowest BCUT2D eigenvalue weighted by molar-refractivity contribution is -0.123. The molecule has 0 aliphatic rings. The minimum atomic E-state index is -0.473. The van der Waals surface area contributed by atoms with E-state index in [-0.39, 0.29) is 18.2 Å². The largest absolute Gasteiger partial charge is 0.339 e. The summed E-state index contributed by atoms with van der Waals surface area (Å²) in [5, 5.41) is 9.57. The number of nitrogens with one attached hydrogen (secondary N) is 2. The molecule has 0 saturated heterocycles. The molecule has 2 heterocycles. The van der Waals surface area contributed by atoms with Gasteiger partial charge in [0.1, 0.15) is 0 Å². The van der Waals surface area contributed by atoms with Crippen molar-refractivity contribution >= 4 is 23.2 Å². The van der Waals surface area contributed by atoms with E-state index in [9.17, 15) is 9.59 Å². The van der Waals surface area contributed by atoms with E-state index in [1.165, 1.54) is 0 Å². The summed E-state index contributed by atoms with van der Waals surface area (Å²) in [5.41, 5.74) is 1.65. The number of hydrogen-bond acceptors (Lipinski definition) is 6. The number of hydrogen-bond donors (Lipinski definition) is 2. The van der Waals surface area contributed by atoms with Gasteiger partial charge in [-0.05, 0) is 36.4 Å². The number of anilines is 2. The maximum atomic E-state index is 12.2. The van der Waals surface area contributed by atoms with Crippen molar-refractivity contribution < 1.29 is 14.1 Å². The van der Waals surface area contributed by atoms with Gasteiger partial charge in [-0.2, -0.15) is 4.98 Å². The summed E-state index contributed by atoms with van der Waals surface area (Å²) in [6.07, 6.45) is 3.85. The Kier molecular flexibility index (Phi) is 6.01. The molecule has 0 radical (unpaired) electrons. The zero-order valence-electron chi connectivity index (χ0n) is 16.6. The second kappa shape index (κ2) is 8.64. The summed E-state index contributed by atoms with van der Waals surface area (Å²) < 4.78 is 5.20. The highest BCUT2D eigenvalue weighted by Gasteiger charge is 2.21. The summed E-state index contributed by atoms with van der Waals surface area (Å²) >= 11 is 0. The molecule has 0 aliphatic heterocycles. The van der Waals surface area contributed by atoms with Crippen molar-refractivity contribution in [2.75, 3.05) is 10.6 Å². The Hall–Kier alpha value is -3.55. The average molecular weight is 393 g/mol. The standard InChI is InChI=1S/C21H23N5O3/c1-21(2,3)20(28)24-16-6-4-15(5-7-16)23-17(27)8-9-18-25-19(26-29-18)14-10-12-22-13-11-14/h4-7,10-13H,8-9H2,1-3H3,(H,23,27)(H,24,28). The molecule has 8 nitrogen and oxygen atoms in total. The first-order valence-electron chi connectivity index (χ1n) is 9.25. The molecule has 2 aromatic heterocycles. The van der Waals surface area contributed by atoms with Crippen LogP contribution in [-0.2, 0) is 16.0 Å². The van der Waals surface area contributed by atoms with Gasteiger partial charge in [-0.25, -0.2) is 0 Å². The van der Waals surface area contributed by atoms with Gasteiger partial charge < -0.3 is 15.2 Å². The van der Waals surface area contributed by atoms with Crippen LogP contribution in [0.3, 0.4) is 0 Å². The Balaban J connectivity index is 1.50. The van der Waals surface area contributed by atoms with E-state index < -0.39 is 5.41 Å². The van der Waals surface area contributed by atoms with Gasteiger partial charge in [-0.15, -0.1) is 0 Å². The summed E-state index contributed by atoms with van der Waals surface area (Å²) in [4.78, 5) is 32.4. The van der Waals surface area contributed by atoms with E-state index in [0.29, 0.717) is 29.5 Å². The summed E-state index contributed by atoms with van der Waals surface area (Å²) in [6.45, 7) is 5.54. The number of aromatic nitrogens is 3. The lowest BCUT2D eigenvalue weighted by atomic mass is 9.95. The average Bonchev–Trinajstić information content (AvgIpc) is 3.17. The Labute approximate surface area is 168 Å². The zero-order chi connectivity index (χ0) is 20.9. The van der Waals surface area contributed by atoms with Crippen molar-refractivity contribution in [3.8, 4) is 11.4 Å². The van der Waals surface area contributed by atoms with E-state index in [1.807, 2.05) is 20.8 Å².